The molecular formula is C16H15BrClN7O2. The van der Waals surface area contributed by atoms with Crippen molar-refractivity contribution in [2.24, 2.45) is 0 Å². The Morgan fingerprint density at radius 3 is 2.67 bits per heavy atom. The lowest BCUT2D eigenvalue weighted by Gasteiger charge is -2.17. The van der Waals surface area contributed by atoms with Gasteiger partial charge in [0.05, 0.1) is 47.3 Å². The molecule has 0 radical (unpaired) electrons. The molecule has 2 amide bonds. The average Bonchev–Trinajstić information content (AvgIpc) is 3.15. The molecule has 3 aromatic heterocycles. The van der Waals surface area contributed by atoms with E-state index in [-0.39, 0.29) is 6.10 Å². The first kappa shape index (κ1) is 19.2. The minimum atomic E-state index is -0.470. The molecule has 0 saturated carbocycles. The van der Waals surface area contributed by atoms with Crippen LogP contribution in [0.3, 0.4) is 0 Å². The highest BCUT2D eigenvalue weighted by atomic mass is 79.9. The zero-order valence-electron chi connectivity index (χ0n) is 14.3. The lowest BCUT2D eigenvalue weighted by Crippen LogP contribution is -2.21. The topological polar surface area (TPSA) is 107 Å². The van der Waals surface area contributed by atoms with Crippen molar-refractivity contribution < 1.29 is 9.53 Å². The molecule has 9 nitrogen and oxygen atoms in total. The fourth-order valence-corrected chi connectivity index (χ4v) is 3.23. The van der Waals surface area contributed by atoms with Crippen molar-refractivity contribution in [3.05, 3.63) is 52.1 Å². The highest BCUT2D eigenvalue weighted by Gasteiger charge is 2.17. The number of hydrogen-bond donors (Lipinski definition) is 2. The Labute approximate surface area is 168 Å². The van der Waals surface area contributed by atoms with Crippen molar-refractivity contribution in [1.29, 1.82) is 0 Å². The summed E-state index contributed by atoms with van der Waals surface area (Å²) in [6, 6.07) is 1.09. The number of nitrogens with one attached hydrogen (secondary N) is 2. The third-order valence-corrected chi connectivity index (χ3v) is 4.55. The van der Waals surface area contributed by atoms with Crippen LogP contribution in [0.5, 0.6) is 0 Å². The van der Waals surface area contributed by atoms with Crippen LogP contribution in [-0.2, 0) is 4.74 Å². The predicted molar refractivity (Wildman–Crippen MR) is 104 cm³/mol. The molecule has 11 heteroatoms. The Hall–Kier alpha value is -2.56. The molecule has 0 bridgehead atoms. The number of nitrogens with zero attached hydrogens (tertiary/aromatic N) is 5. The van der Waals surface area contributed by atoms with E-state index in [2.05, 4.69) is 46.7 Å². The molecule has 0 aliphatic rings. The molecule has 0 fully saturated rings. The van der Waals surface area contributed by atoms with Crippen molar-refractivity contribution in [3.8, 4) is 5.82 Å². The summed E-state index contributed by atoms with van der Waals surface area (Å²) in [7, 11) is 1.59. The zero-order chi connectivity index (χ0) is 19.4. The van der Waals surface area contributed by atoms with Crippen molar-refractivity contribution in [2.75, 3.05) is 17.7 Å². The maximum Gasteiger partial charge on any atom is 0.323 e. The fraction of sp³-hybridized carbons (Fsp3) is 0.188. The normalized spacial score (nSPS) is 11.9. The number of ether oxygens (including phenoxy) is 1. The van der Waals surface area contributed by atoms with Crippen LogP contribution in [0.1, 0.15) is 18.6 Å². The van der Waals surface area contributed by atoms with Gasteiger partial charge in [0.1, 0.15) is 0 Å². The van der Waals surface area contributed by atoms with Crippen LogP contribution < -0.4 is 10.6 Å². The van der Waals surface area contributed by atoms with Gasteiger partial charge in [-0.3, -0.25) is 4.98 Å². The van der Waals surface area contributed by atoms with Gasteiger partial charge in [-0.05, 0) is 28.9 Å². The van der Waals surface area contributed by atoms with Gasteiger partial charge in [-0.25, -0.2) is 9.78 Å². The lowest BCUT2D eigenvalue weighted by atomic mass is 10.1. The molecule has 0 saturated heterocycles. The summed E-state index contributed by atoms with van der Waals surface area (Å²) < 4.78 is 6.08. The molecule has 0 aliphatic carbocycles. The molecule has 3 rings (SSSR count). The number of carbonyl (C=O) groups excluding carboxylic acids is 1. The Morgan fingerprint density at radius 2 is 2.00 bits per heavy atom. The largest absolute Gasteiger partial charge is 0.377 e. The molecule has 0 unspecified atom stereocenters. The summed E-state index contributed by atoms with van der Waals surface area (Å²) in [5.41, 5.74) is 1.71. The second-order valence-electron chi connectivity index (χ2n) is 5.39. The number of halogens is 2. The van der Waals surface area contributed by atoms with Gasteiger partial charge in [0.2, 0.25) is 0 Å². The van der Waals surface area contributed by atoms with E-state index in [1.165, 1.54) is 23.4 Å². The van der Waals surface area contributed by atoms with Crippen LogP contribution in [0.15, 0.2) is 41.5 Å². The van der Waals surface area contributed by atoms with E-state index in [0.29, 0.717) is 22.2 Å². The van der Waals surface area contributed by atoms with Crippen molar-refractivity contribution >= 4 is 44.9 Å². The molecule has 0 aliphatic heterocycles. The number of urea groups is 1. The highest BCUT2D eigenvalue weighted by molar-refractivity contribution is 9.10. The van der Waals surface area contributed by atoms with Gasteiger partial charge in [0.25, 0.3) is 0 Å². The maximum absolute atomic E-state index is 12.4. The average molecular weight is 453 g/mol. The first-order chi connectivity index (χ1) is 13.0. The molecule has 2 N–H and O–H groups in total. The lowest BCUT2D eigenvalue weighted by molar-refractivity contribution is 0.119. The van der Waals surface area contributed by atoms with Crippen molar-refractivity contribution in [1.82, 2.24) is 25.0 Å². The summed E-state index contributed by atoms with van der Waals surface area (Å²) in [5, 5.41) is 13.7. The minimum Gasteiger partial charge on any atom is -0.377 e. The van der Waals surface area contributed by atoms with E-state index in [1.54, 1.807) is 25.6 Å². The number of hydrogen-bond acceptors (Lipinski definition) is 6. The standard InChI is InChI=1S/C16H15BrClN7O2/c1-9(27-2)14-11(17)7-19-8-13(14)24-16(26)23-10-5-12(18)15(20-6-10)25-21-3-4-22-25/h3-9H,1-2H3,(H2,23,24,26)/t9-/m1/s1. The van der Waals surface area contributed by atoms with E-state index in [9.17, 15) is 4.79 Å². The number of pyridine rings is 2. The Bertz CT molecular complexity index is 952. The fourth-order valence-electron chi connectivity index (χ4n) is 2.33. The van der Waals surface area contributed by atoms with Gasteiger partial charge in [-0.1, -0.05) is 11.6 Å². The molecule has 3 aromatic rings. The van der Waals surface area contributed by atoms with Crippen LogP contribution in [0.4, 0.5) is 16.2 Å². The van der Waals surface area contributed by atoms with Gasteiger partial charge in [0, 0.05) is 23.3 Å². The maximum atomic E-state index is 12.4. The van der Waals surface area contributed by atoms with Gasteiger partial charge < -0.3 is 15.4 Å². The molecule has 140 valence electrons. The molecule has 3 heterocycles. The zero-order valence-corrected chi connectivity index (χ0v) is 16.7. The number of carbonyl (C=O) groups is 1. The van der Waals surface area contributed by atoms with Gasteiger partial charge >= 0.3 is 6.03 Å². The van der Waals surface area contributed by atoms with Crippen LogP contribution in [0.25, 0.3) is 5.82 Å². The number of amides is 2. The smallest absolute Gasteiger partial charge is 0.323 e. The number of anilines is 2. The third-order valence-electron chi connectivity index (χ3n) is 3.64. The summed E-state index contributed by atoms with van der Waals surface area (Å²) in [6.07, 6.45) is 7.44. The first-order valence-electron chi connectivity index (χ1n) is 7.76. The third kappa shape index (κ3) is 4.41. The van der Waals surface area contributed by atoms with Crippen LogP contribution in [0.2, 0.25) is 5.02 Å². The molecule has 27 heavy (non-hydrogen) atoms. The van der Waals surface area contributed by atoms with Gasteiger partial charge in [-0.15, -0.1) is 4.80 Å². The predicted octanol–water partition coefficient (Wildman–Crippen LogP) is 3.82. The van der Waals surface area contributed by atoms with Crippen molar-refractivity contribution in [2.45, 2.75) is 13.0 Å². The SMILES string of the molecule is CO[C@H](C)c1c(Br)cncc1NC(=O)Nc1cnc(-n2nccn2)c(Cl)c1. The van der Waals surface area contributed by atoms with Crippen LogP contribution in [0, 0.1) is 0 Å². The quantitative estimate of drug-likeness (QED) is 0.609. The van der Waals surface area contributed by atoms with Gasteiger partial charge in [0.15, 0.2) is 5.82 Å². The monoisotopic (exact) mass is 451 g/mol. The summed E-state index contributed by atoms with van der Waals surface area (Å²) in [5.74, 6) is 0.361. The second kappa shape index (κ2) is 8.42. The van der Waals surface area contributed by atoms with Crippen molar-refractivity contribution in [3.63, 3.8) is 0 Å². The molecule has 0 spiro atoms. The highest BCUT2D eigenvalue weighted by Crippen LogP contribution is 2.31. The summed E-state index contributed by atoms with van der Waals surface area (Å²) in [4.78, 5) is 21.9. The summed E-state index contributed by atoms with van der Waals surface area (Å²) in [6.45, 7) is 1.87. The van der Waals surface area contributed by atoms with E-state index in [0.717, 1.165) is 10.0 Å². The number of aromatic nitrogens is 5. The van der Waals surface area contributed by atoms with Crippen LogP contribution in [-0.4, -0.2) is 38.1 Å². The van der Waals surface area contributed by atoms with E-state index in [4.69, 9.17) is 16.3 Å². The Balaban J connectivity index is 1.75. The second-order valence-corrected chi connectivity index (χ2v) is 6.65. The minimum absolute atomic E-state index is 0.241. The van der Waals surface area contributed by atoms with Crippen LogP contribution >= 0.6 is 27.5 Å². The molecule has 0 aromatic carbocycles. The van der Waals surface area contributed by atoms with E-state index < -0.39 is 6.03 Å². The first-order valence-corrected chi connectivity index (χ1v) is 8.93. The molecule has 1 atom stereocenters. The number of rotatable bonds is 5. The van der Waals surface area contributed by atoms with E-state index in [1.807, 2.05) is 6.92 Å². The summed E-state index contributed by atoms with van der Waals surface area (Å²) >= 11 is 9.63. The Morgan fingerprint density at radius 1 is 1.26 bits per heavy atom. The molecular weight excluding hydrogens is 438 g/mol. The Kier molecular flexibility index (Phi) is 5.99. The van der Waals surface area contributed by atoms with Gasteiger partial charge in [-0.2, -0.15) is 10.2 Å². The van der Waals surface area contributed by atoms with E-state index >= 15 is 0 Å². The number of methoxy groups -OCH3 is 1.